The van der Waals surface area contributed by atoms with E-state index in [1.165, 1.54) is 23.5 Å². The molecule has 0 saturated carbocycles. The topological polar surface area (TPSA) is 76.6 Å². The van der Waals surface area contributed by atoms with E-state index in [-0.39, 0.29) is 0 Å². The molecule has 10 heteroatoms. The first-order valence-electron chi connectivity index (χ1n) is 9.38. The van der Waals surface area contributed by atoms with E-state index in [9.17, 15) is 13.2 Å². The van der Waals surface area contributed by atoms with Gasteiger partial charge in [0.1, 0.15) is 17.4 Å². The zero-order valence-corrected chi connectivity index (χ0v) is 17.5. The minimum Gasteiger partial charge on any atom is -0.488 e. The van der Waals surface area contributed by atoms with Gasteiger partial charge in [0, 0.05) is 12.0 Å². The lowest BCUT2D eigenvalue weighted by Crippen LogP contribution is -2.03. The molecule has 0 amide bonds. The summed E-state index contributed by atoms with van der Waals surface area (Å²) in [6.07, 6.45) is -3.78. The Morgan fingerprint density at radius 2 is 1.84 bits per heavy atom. The summed E-state index contributed by atoms with van der Waals surface area (Å²) in [5.74, 6) is 1.34. The third-order valence-corrected chi connectivity index (χ3v) is 5.95. The van der Waals surface area contributed by atoms with E-state index in [0.29, 0.717) is 29.4 Å². The monoisotopic (exact) mass is 445 g/mol. The lowest BCUT2D eigenvalue weighted by molar-refractivity contribution is -0.137. The fourth-order valence-electron chi connectivity index (χ4n) is 3.02. The van der Waals surface area contributed by atoms with Gasteiger partial charge in [0.2, 0.25) is 0 Å². The van der Waals surface area contributed by atoms with Crippen LogP contribution in [0.4, 0.5) is 13.2 Å². The number of alkyl halides is 3. The standard InChI is InChI=1S/C21H18F3N5OS/c1-12-9-17(8-5-15(12)10-19-26-28-29-27-19)30-11-18-13(2)25-20(31-18)14-3-6-16(7-4-14)21(22,23)24/h3-9H,10-11H2,1-2H3,(H,26,27,28,29). The number of halogens is 3. The number of aromatic nitrogens is 5. The van der Waals surface area contributed by atoms with Crippen molar-refractivity contribution in [1.82, 2.24) is 25.6 Å². The summed E-state index contributed by atoms with van der Waals surface area (Å²) in [7, 11) is 0. The summed E-state index contributed by atoms with van der Waals surface area (Å²) in [6, 6.07) is 10.8. The van der Waals surface area contributed by atoms with Crippen LogP contribution in [-0.4, -0.2) is 25.6 Å². The number of hydrogen-bond donors (Lipinski definition) is 1. The zero-order chi connectivity index (χ0) is 22.0. The van der Waals surface area contributed by atoms with Crippen LogP contribution in [0.5, 0.6) is 5.75 Å². The molecule has 0 atom stereocenters. The van der Waals surface area contributed by atoms with Crippen molar-refractivity contribution in [3.8, 4) is 16.3 Å². The number of aromatic amines is 1. The number of nitrogens with one attached hydrogen (secondary N) is 1. The lowest BCUT2D eigenvalue weighted by atomic mass is 10.1. The Bertz CT molecular complexity index is 1170. The van der Waals surface area contributed by atoms with Gasteiger partial charge in [0.15, 0.2) is 5.82 Å². The molecule has 0 aliphatic heterocycles. The van der Waals surface area contributed by atoms with E-state index in [1.54, 1.807) is 0 Å². The third kappa shape index (κ3) is 4.91. The van der Waals surface area contributed by atoms with Gasteiger partial charge < -0.3 is 4.74 Å². The number of nitrogens with zero attached hydrogens (tertiary/aromatic N) is 4. The molecule has 1 N–H and O–H groups in total. The van der Waals surface area contributed by atoms with Crippen LogP contribution < -0.4 is 4.74 Å². The summed E-state index contributed by atoms with van der Waals surface area (Å²) in [5.41, 5.74) is 2.90. The number of hydrogen-bond acceptors (Lipinski definition) is 6. The van der Waals surface area contributed by atoms with E-state index in [2.05, 4.69) is 25.6 Å². The van der Waals surface area contributed by atoms with Crippen molar-refractivity contribution in [3.63, 3.8) is 0 Å². The van der Waals surface area contributed by atoms with Crippen LogP contribution in [0.15, 0.2) is 42.5 Å². The van der Waals surface area contributed by atoms with Crippen LogP contribution in [-0.2, 0) is 19.2 Å². The molecule has 160 valence electrons. The Morgan fingerprint density at radius 1 is 1.06 bits per heavy atom. The molecule has 0 bridgehead atoms. The molecular weight excluding hydrogens is 427 g/mol. The fraction of sp³-hybridized carbons (Fsp3) is 0.238. The fourth-order valence-corrected chi connectivity index (χ4v) is 4.00. The predicted octanol–water partition coefficient (Wildman–Crippen LogP) is 5.13. The number of aryl methyl sites for hydroxylation is 2. The minimum absolute atomic E-state index is 0.327. The Morgan fingerprint density at radius 3 is 2.48 bits per heavy atom. The third-order valence-electron chi connectivity index (χ3n) is 4.77. The molecule has 0 saturated heterocycles. The number of ether oxygens (including phenoxy) is 1. The van der Waals surface area contributed by atoms with Gasteiger partial charge in [0.25, 0.3) is 0 Å². The molecule has 6 nitrogen and oxygen atoms in total. The lowest BCUT2D eigenvalue weighted by Gasteiger charge is -2.09. The predicted molar refractivity (Wildman–Crippen MR) is 110 cm³/mol. The van der Waals surface area contributed by atoms with Gasteiger partial charge in [-0.25, -0.2) is 4.98 Å². The first-order chi connectivity index (χ1) is 14.8. The maximum atomic E-state index is 12.8. The second kappa shape index (κ2) is 8.46. The molecule has 2 aromatic heterocycles. The van der Waals surface area contributed by atoms with Crippen LogP contribution in [0, 0.1) is 13.8 Å². The van der Waals surface area contributed by atoms with E-state index < -0.39 is 11.7 Å². The van der Waals surface area contributed by atoms with Crippen molar-refractivity contribution in [1.29, 1.82) is 0 Å². The van der Waals surface area contributed by atoms with Crippen LogP contribution in [0.25, 0.3) is 10.6 Å². The SMILES string of the molecule is Cc1cc(OCc2sc(-c3ccc(C(F)(F)F)cc3)nc2C)ccc1Cc1nn[nH]n1. The van der Waals surface area contributed by atoms with Crippen LogP contribution >= 0.6 is 11.3 Å². The normalized spacial score (nSPS) is 11.6. The molecule has 0 fully saturated rings. The molecule has 0 unspecified atom stereocenters. The van der Waals surface area contributed by atoms with Gasteiger partial charge in [-0.1, -0.05) is 23.4 Å². The molecule has 0 aliphatic carbocycles. The summed E-state index contributed by atoms with van der Waals surface area (Å²) in [6.45, 7) is 4.18. The van der Waals surface area contributed by atoms with Crippen molar-refractivity contribution >= 4 is 11.3 Å². The first kappa shape index (κ1) is 21.0. The summed E-state index contributed by atoms with van der Waals surface area (Å²) >= 11 is 1.41. The number of tetrazole rings is 1. The van der Waals surface area contributed by atoms with Gasteiger partial charge in [-0.05, 0) is 49.2 Å². The van der Waals surface area contributed by atoms with Crippen molar-refractivity contribution in [2.45, 2.75) is 33.1 Å². The van der Waals surface area contributed by atoms with Gasteiger partial charge in [-0.15, -0.1) is 21.5 Å². The molecule has 31 heavy (non-hydrogen) atoms. The largest absolute Gasteiger partial charge is 0.488 e. The molecule has 2 heterocycles. The molecule has 2 aromatic carbocycles. The maximum Gasteiger partial charge on any atom is 0.416 e. The first-order valence-corrected chi connectivity index (χ1v) is 10.2. The highest BCUT2D eigenvalue weighted by atomic mass is 32.1. The highest BCUT2D eigenvalue weighted by Crippen LogP contribution is 2.33. The van der Waals surface area contributed by atoms with Gasteiger partial charge >= 0.3 is 6.18 Å². The summed E-state index contributed by atoms with van der Waals surface area (Å²) < 4.78 is 44.2. The van der Waals surface area contributed by atoms with E-state index in [1.807, 2.05) is 32.0 Å². The number of thiazole rings is 1. The number of rotatable bonds is 6. The van der Waals surface area contributed by atoms with E-state index in [0.717, 1.165) is 39.6 Å². The zero-order valence-electron chi connectivity index (χ0n) is 16.7. The van der Waals surface area contributed by atoms with Crippen molar-refractivity contribution in [2.75, 3.05) is 0 Å². The smallest absolute Gasteiger partial charge is 0.416 e. The van der Waals surface area contributed by atoms with Crippen molar-refractivity contribution < 1.29 is 17.9 Å². The number of H-pyrrole nitrogens is 1. The average molecular weight is 445 g/mol. The maximum absolute atomic E-state index is 12.8. The number of benzene rings is 2. The Hall–Kier alpha value is -3.27. The van der Waals surface area contributed by atoms with Gasteiger partial charge in [0.05, 0.1) is 16.1 Å². The Kier molecular flexibility index (Phi) is 5.73. The Balaban J connectivity index is 1.43. The quantitative estimate of drug-likeness (QED) is 0.445. The molecule has 4 aromatic rings. The van der Waals surface area contributed by atoms with Crippen LogP contribution in [0.3, 0.4) is 0 Å². The summed E-state index contributed by atoms with van der Waals surface area (Å²) in [4.78, 5) is 5.41. The molecule has 4 rings (SSSR count). The average Bonchev–Trinajstić information content (AvgIpc) is 3.37. The molecular formula is C21H18F3N5OS. The second-order valence-corrected chi connectivity index (χ2v) is 8.07. The summed E-state index contributed by atoms with van der Waals surface area (Å²) in [5, 5.41) is 14.6. The van der Waals surface area contributed by atoms with Gasteiger partial charge in [-0.2, -0.15) is 18.4 Å². The van der Waals surface area contributed by atoms with E-state index in [4.69, 9.17) is 4.74 Å². The molecule has 0 radical (unpaired) electrons. The Labute approximate surface area is 180 Å². The van der Waals surface area contributed by atoms with Crippen LogP contribution in [0.2, 0.25) is 0 Å². The molecule has 0 aliphatic rings. The van der Waals surface area contributed by atoms with Gasteiger partial charge in [-0.3, -0.25) is 0 Å². The van der Waals surface area contributed by atoms with Crippen molar-refractivity contribution in [3.05, 3.63) is 75.6 Å². The van der Waals surface area contributed by atoms with Crippen molar-refractivity contribution in [2.24, 2.45) is 0 Å². The van der Waals surface area contributed by atoms with Crippen LogP contribution in [0.1, 0.15) is 33.1 Å². The molecule has 0 spiro atoms. The highest BCUT2D eigenvalue weighted by Gasteiger charge is 2.30. The highest BCUT2D eigenvalue weighted by molar-refractivity contribution is 7.15. The second-order valence-electron chi connectivity index (χ2n) is 6.98. The minimum atomic E-state index is -4.35. The van der Waals surface area contributed by atoms with E-state index >= 15 is 0 Å².